The van der Waals surface area contributed by atoms with Crippen LogP contribution in [0.1, 0.15) is 24.9 Å². The molecule has 2 aromatic carbocycles. The van der Waals surface area contributed by atoms with Gasteiger partial charge in [0.2, 0.25) is 6.10 Å². The van der Waals surface area contributed by atoms with Gasteiger partial charge in [-0.05, 0) is 31.5 Å². The summed E-state index contributed by atoms with van der Waals surface area (Å²) in [5, 5.41) is 0. The van der Waals surface area contributed by atoms with Gasteiger partial charge in [0.25, 0.3) is 5.91 Å². The molecule has 0 spiro atoms. The molecule has 34 heavy (non-hydrogen) atoms. The number of rotatable bonds is 6. The molecule has 3 heterocycles. The molecular formula is C26H32N4O4. The Hall–Kier alpha value is -3.26. The van der Waals surface area contributed by atoms with Gasteiger partial charge in [0.15, 0.2) is 0 Å². The van der Waals surface area contributed by atoms with E-state index in [4.69, 9.17) is 9.47 Å². The highest BCUT2D eigenvalue weighted by Gasteiger charge is 2.51. The lowest BCUT2D eigenvalue weighted by molar-refractivity contribution is -0.141. The summed E-state index contributed by atoms with van der Waals surface area (Å²) in [5.74, 6) is 1.34. The molecule has 0 radical (unpaired) electrons. The van der Waals surface area contributed by atoms with Crippen LogP contribution in [0.5, 0.6) is 11.5 Å². The molecule has 2 saturated heterocycles. The van der Waals surface area contributed by atoms with E-state index >= 15 is 0 Å². The number of carbonyl (C=O) groups is 2. The van der Waals surface area contributed by atoms with E-state index in [1.54, 1.807) is 19.1 Å². The van der Waals surface area contributed by atoms with Crippen LogP contribution in [0, 0.1) is 0 Å². The fraction of sp³-hybridized carbons (Fsp3) is 0.462. The fourth-order valence-electron chi connectivity index (χ4n) is 5.35. The Morgan fingerprint density at radius 3 is 2.50 bits per heavy atom. The van der Waals surface area contributed by atoms with Crippen LogP contribution in [0.25, 0.3) is 0 Å². The van der Waals surface area contributed by atoms with E-state index in [-0.39, 0.29) is 24.0 Å². The van der Waals surface area contributed by atoms with Crippen LogP contribution >= 0.6 is 0 Å². The highest BCUT2D eigenvalue weighted by atomic mass is 16.5. The topological polar surface area (TPSA) is 65.6 Å². The minimum Gasteiger partial charge on any atom is -0.495 e. The molecule has 0 bridgehead atoms. The van der Waals surface area contributed by atoms with E-state index in [0.717, 1.165) is 49.6 Å². The van der Waals surface area contributed by atoms with Gasteiger partial charge in [-0.2, -0.15) is 0 Å². The number of fused-ring (bicyclic) bond motifs is 3. The molecule has 0 aromatic heterocycles. The first kappa shape index (κ1) is 22.5. The molecule has 8 heteroatoms. The molecule has 8 nitrogen and oxygen atoms in total. The number of urea groups is 1. The van der Waals surface area contributed by atoms with Gasteiger partial charge in [0, 0.05) is 51.4 Å². The Kier molecular flexibility index (Phi) is 6.08. The summed E-state index contributed by atoms with van der Waals surface area (Å²) < 4.78 is 11.5. The van der Waals surface area contributed by atoms with Gasteiger partial charge in [0.05, 0.1) is 12.8 Å². The van der Waals surface area contributed by atoms with Crippen LogP contribution in [0.4, 0.5) is 10.5 Å². The van der Waals surface area contributed by atoms with Crippen molar-refractivity contribution in [2.75, 3.05) is 51.8 Å². The Labute approximate surface area is 200 Å². The van der Waals surface area contributed by atoms with Crippen molar-refractivity contribution in [1.82, 2.24) is 14.7 Å². The predicted octanol–water partition coefficient (Wildman–Crippen LogP) is 2.99. The second-order valence-electron chi connectivity index (χ2n) is 9.24. The minimum atomic E-state index is -0.667. The maximum absolute atomic E-state index is 13.2. The Balaban J connectivity index is 1.18. The lowest BCUT2D eigenvalue weighted by Crippen LogP contribution is -2.59. The summed E-state index contributed by atoms with van der Waals surface area (Å²) in [4.78, 5) is 34.1. The van der Waals surface area contributed by atoms with Crippen LogP contribution in [0.15, 0.2) is 48.5 Å². The van der Waals surface area contributed by atoms with Gasteiger partial charge in [-0.25, -0.2) is 4.79 Å². The van der Waals surface area contributed by atoms with E-state index in [1.165, 1.54) is 4.90 Å². The molecular weight excluding hydrogens is 432 g/mol. The maximum Gasteiger partial charge on any atom is 0.327 e. The number of amides is 3. The van der Waals surface area contributed by atoms with Crippen molar-refractivity contribution in [3.05, 3.63) is 54.1 Å². The number of methoxy groups -OCH3 is 1. The molecule has 3 aliphatic heterocycles. The number of hydrogen-bond donors (Lipinski definition) is 0. The van der Waals surface area contributed by atoms with Crippen molar-refractivity contribution in [2.45, 2.75) is 31.5 Å². The molecule has 0 N–H and O–H groups in total. The van der Waals surface area contributed by atoms with Gasteiger partial charge >= 0.3 is 6.03 Å². The quantitative estimate of drug-likeness (QED) is 0.655. The van der Waals surface area contributed by atoms with E-state index in [9.17, 15) is 9.59 Å². The van der Waals surface area contributed by atoms with Gasteiger partial charge in [-0.3, -0.25) is 14.6 Å². The smallest absolute Gasteiger partial charge is 0.327 e. The number of ether oxygens (including phenoxy) is 2. The zero-order valence-electron chi connectivity index (χ0n) is 20.0. The number of hydrogen-bond acceptors (Lipinski definition) is 6. The van der Waals surface area contributed by atoms with E-state index in [2.05, 4.69) is 22.8 Å². The monoisotopic (exact) mass is 464 g/mol. The van der Waals surface area contributed by atoms with Crippen molar-refractivity contribution < 1.29 is 19.1 Å². The van der Waals surface area contributed by atoms with Crippen LogP contribution in [-0.4, -0.2) is 85.7 Å². The van der Waals surface area contributed by atoms with E-state index < -0.39 is 6.10 Å². The highest BCUT2D eigenvalue weighted by Crippen LogP contribution is 2.43. The molecule has 3 aliphatic rings. The Morgan fingerprint density at radius 1 is 1.03 bits per heavy atom. The van der Waals surface area contributed by atoms with Gasteiger partial charge in [-0.1, -0.05) is 30.3 Å². The van der Waals surface area contributed by atoms with Crippen molar-refractivity contribution >= 4 is 17.6 Å². The Bertz CT molecular complexity index is 1070. The molecule has 0 saturated carbocycles. The summed E-state index contributed by atoms with van der Waals surface area (Å²) in [6.07, 6.45) is 0.0597. The van der Waals surface area contributed by atoms with E-state index in [1.807, 2.05) is 42.5 Å². The highest BCUT2D eigenvalue weighted by molar-refractivity contribution is 6.00. The second kappa shape index (κ2) is 9.18. The van der Waals surface area contributed by atoms with Crippen LogP contribution < -0.4 is 14.4 Å². The largest absolute Gasteiger partial charge is 0.495 e. The molecule has 0 aliphatic carbocycles. The summed E-state index contributed by atoms with van der Waals surface area (Å²) >= 11 is 0. The molecule has 3 atom stereocenters. The molecule has 3 unspecified atom stereocenters. The lowest BCUT2D eigenvalue weighted by atomic mass is 9.99. The van der Waals surface area contributed by atoms with Crippen molar-refractivity contribution in [3.8, 4) is 11.5 Å². The van der Waals surface area contributed by atoms with Crippen LogP contribution in [0.3, 0.4) is 0 Å². The number of carbonyl (C=O) groups excluding carboxylic acids is 2. The second-order valence-corrected chi connectivity index (χ2v) is 9.24. The zero-order chi connectivity index (χ0) is 23.8. The number of anilines is 1. The number of likely N-dealkylation sites (N-methyl/N-ethyl adjacent to an activating group) is 1. The van der Waals surface area contributed by atoms with Crippen molar-refractivity contribution in [2.24, 2.45) is 0 Å². The SMILES string of the molecule is COc1ccccc1N1CCN(C(C)CCN2C(=O)C3Oc4ccccc4C3N(C)C2=O)CC1. The summed E-state index contributed by atoms with van der Waals surface area (Å²) in [6.45, 7) is 6.22. The van der Waals surface area contributed by atoms with Gasteiger partial charge < -0.3 is 19.3 Å². The average molecular weight is 465 g/mol. The summed E-state index contributed by atoms with van der Waals surface area (Å²) in [7, 11) is 3.46. The summed E-state index contributed by atoms with van der Waals surface area (Å²) in [6, 6.07) is 15.3. The first-order chi connectivity index (χ1) is 16.5. The standard InChI is InChI=1S/C26H32N4O4/c1-18(28-14-16-29(17-15-28)20-9-5-7-11-22(20)33-3)12-13-30-25(31)24-23(27(2)26(30)32)19-8-4-6-10-21(19)34-24/h4-11,18,23-24H,12-17H2,1-3H3. The first-order valence-corrected chi connectivity index (χ1v) is 12.0. The normalized spacial score (nSPS) is 23.4. The Morgan fingerprint density at radius 2 is 1.74 bits per heavy atom. The minimum absolute atomic E-state index is 0.238. The van der Waals surface area contributed by atoms with Gasteiger partial charge in [-0.15, -0.1) is 0 Å². The fourth-order valence-corrected chi connectivity index (χ4v) is 5.35. The molecule has 180 valence electrons. The molecule has 5 rings (SSSR count). The van der Waals surface area contributed by atoms with Crippen molar-refractivity contribution in [1.29, 1.82) is 0 Å². The molecule has 3 amide bonds. The van der Waals surface area contributed by atoms with Crippen molar-refractivity contribution in [3.63, 3.8) is 0 Å². The predicted molar refractivity (Wildman–Crippen MR) is 129 cm³/mol. The average Bonchev–Trinajstić information content (AvgIpc) is 3.27. The third-order valence-electron chi connectivity index (χ3n) is 7.37. The third kappa shape index (κ3) is 3.86. The third-order valence-corrected chi connectivity index (χ3v) is 7.37. The summed E-state index contributed by atoms with van der Waals surface area (Å²) in [5.41, 5.74) is 2.02. The number of nitrogens with zero attached hydrogens (tertiary/aromatic N) is 4. The maximum atomic E-state index is 13.2. The van der Waals surface area contributed by atoms with Crippen LogP contribution in [-0.2, 0) is 4.79 Å². The number of para-hydroxylation sites is 3. The van der Waals surface area contributed by atoms with E-state index in [0.29, 0.717) is 12.3 Å². The number of benzene rings is 2. The molecule has 2 fully saturated rings. The molecule has 2 aromatic rings. The van der Waals surface area contributed by atoms with Crippen LogP contribution in [0.2, 0.25) is 0 Å². The zero-order valence-corrected chi connectivity index (χ0v) is 20.0. The number of imide groups is 1. The first-order valence-electron chi connectivity index (χ1n) is 12.0. The number of piperazine rings is 1. The van der Waals surface area contributed by atoms with Gasteiger partial charge in [0.1, 0.15) is 17.5 Å². The lowest BCUT2D eigenvalue weighted by Gasteiger charge is -2.41.